The minimum Gasteiger partial charge on any atom is -0.496 e. The van der Waals surface area contributed by atoms with Crippen LogP contribution in [-0.4, -0.2) is 35.6 Å². The third-order valence-electron chi connectivity index (χ3n) is 3.64. The smallest absolute Gasteiger partial charge is 0.149 e. The highest BCUT2D eigenvalue weighted by Crippen LogP contribution is 2.19. The first-order valence-electron chi connectivity index (χ1n) is 7.39. The van der Waals surface area contributed by atoms with Crippen molar-refractivity contribution in [3.8, 4) is 5.75 Å². The molecule has 1 aromatic carbocycles. The normalized spacial score (nSPS) is 12.4. The zero-order valence-corrected chi connectivity index (χ0v) is 13.7. The van der Waals surface area contributed by atoms with E-state index in [1.807, 2.05) is 17.6 Å². The lowest BCUT2D eigenvalue weighted by molar-refractivity contribution is 0.185. The Morgan fingerprint density at radius 1 is 1.32 bits per heavy atom. The molecule has 0 fully saturated rings. The standard InChI is InChI=1S/C16H24N4O2/c1-12-9-14(5-6-15(12)22-4)10-17-13(2)16-19-18-11-20(16)7-8-21-3/h5-6,9,11,13,17H,7-8,10H2,1-4H3. The number of hydrogen-bond donors (Lipinski definition) is 1. The van der Waals surface area contributed by atoms with E-state index in [-0.39, 0.29) is 6.04 Å². The molecular weight excluding hydrogens is 280 g/mol. The van der Waals surface area contributed by atoms with E-state index in [1.54, 1.807) is 20.5 Å². The van der Waals surface area contributed by atoms with Gasteiger partial charge in [-0.15, -0.1) is 10.2 Å². The molecule has 0 aliphatic carbocycles. The molecule has 0 aliphatic heterocycles. The molecule has 1 aromatic heterocycles. The van der Waals surface area contributed by atoms with Gasteiger partial charge in [0.2, 0.25) is 0 Å². The Morgan fingerprint density at radius 3 is 2.82 bits per heavy atom. The number of nitrogens with zero attached hydrogens (tertiary/aromatic N) is 3. The average molecular weight is 304 g/mol. The number of aromatic nitrogens is 3. The van der Waals surface area contributed by atoms with Crippen LogP contribution in [0.25, 0.3) is 0 Å². The van der Waals surface area contributed by atoms with Crippen molar-refractivity contribution in [2.45, 2.75) is 33.0 Å². The second-order valence-corrected chi connectivity index (χ2v) is 5.28. The predicted molar refractivity (Wildman–Crippen MR) is 84.9 cm³/mol. The van der Waals surface area contributed by atoms with Crippen LogP contribution in [0.4, 0.5) is 0 Å². The summed E-state index contributed by atoms with van der Waals surface area (Å²) in [5, 5.41) is 11.7. The molecule has 6 heteroatoms. The molecule has 0 amide bonds. The summed E-state index contributed by atoms with van der Waals surface area (Å²) in [7, 11) is 3.38. The summed E-state index contributed by atoms with van der Waals surface area (Å²) in [6.45, 7) is 6.31. The Labute approximate surface area is 131 Å². The van der Waals surface area contributed by atoms with E-state index < -0.39 is 0 Å². The van der Waals surface area contributed by atoms with Gasteiger partial charge in [-0.2, -0.15) is 0 Å². The third kappa shape index (κ3) is 4.05. The van der Waals surface area contributed by atoms with Crippen molar-refractivity contribution in [2.75, 3.05) is 20.8 Å². The van der Waals surface area contributed by atoms with Gasteiger partial charge in [0.25, 0.3) is 0 Å². The van der Waals surface area contributed by atoms with Crippen molar-refractivity contribution in [1.29, 1.82) is 0 Å². The molecule has 0 saturated heterocycles. The van der Waals surface area contributed by atoms with E-state index in [2.05, 4.69) is 34.6 Å². The molecule has 2 rings (SSSR count). The van der Waals surface area contributed by atoms with Gasteiger partial charge in [0.15, 0.2) is 0 Å². The molecule has 1 heterocycles. The quantitative estimate of drug-likeness (QED) is 0.809. The van der Waals surface area contributed by atoms with Crippen molar-refractivity contribution in [3.63, 3.8) is 0 Å². The highest BCUT2D eigenvalue weighted by atomic mass is 16.5. The van der Waals surface area contributed by atoms with Gasteiger partial charge in [0.05, 0.1) is 19.8 Å². The first-order chi connectivity index (χ1) is 10.7. The van der Waals surface area contributed by atoms with Gasteiger partial charge >= 0.3 is 0 Å². The molecule has 0 saturated carbocycles. The van der Waals surface area contributed by atoms with Gasteiger partial charge in [-0.25, -0.2) is 0 Å². The molecule has 0 spiro atoms. The lowest BCUT2D eigenvalue weighted by atomic mass is 10.1. The van der Waals surface area contributed by atoms with Crippen molar-refractivity contribution in [1.82, 2.24) is 20.1 Å². The fourth-order valence-corrected chi connectivity index (χ4v) is 2.37. The molecular formula is C16H24N4O2. The van der Waals surface area contributed by atoms with Gasteiger partial charge < -0.3 is 19.4 Å². The van der Waals surface area contributed by atoms with Gasteiger partial charge in [-0.3, -0.25) is 0 Å². The maximum atomic E-state index is 5.28. The Bertz CT molecular complexity index is 598. The van der Waals surface area contributed by atoms with Gasteiger partial charge in [-0.05, 0) is 31.0 Å². The number of ether oxygens (including phenoxy) is 2. The Balaban J connectivity index is 1.96. The van der Waals surface area contributed by atoms with Crippen LogP contribution in [-0.2, 0) is 17.8 Å². The second kappa shape index (κ2) is 7.91. The summed E-state index contributed by atoms with van der Waals surface area (Å²) >= 11 is 0. The van der Waals surface area contributed by atoms with E-state index in [0.29, 0.717) is 6.61 Å². The summed E-state index contributed by atoms with van der Waals surface area (Å²) in [5.74, 6) is 1.83. The van der Waals surface area contributed by atoms with Gasteiger partial charge in [-0.1, -0.05) is 12.1 Å². The Morgan fingerprint density at radius 2 is 2.14 bits per heavy atom. The van der Waals surface area contributed by atoms with Crippen molar-refractivity contribution in [2.24, 2.45) is 0 Å². The monoisotopic (exact) mass is 304 g/mol. The van der Waals surface area contributed by atoms with Crippen molar-refractivity contribution in [3.05, 3.63) is 41.5 Å². The summed E-state index contributed by atoms with van der Waals surface area (Å²) in [6.07, 6.45) is 1.74. The molecule has 0 radical (unpaired) electrons. The number of aryl methyl sites for hydroxylation is 1. The second-order valence-electron chi connectivity index (χ2n) is 5.28. The van der Waals surface area contributed by atoms with Crippen LogP contribution >= 0.6 is 0 Å². The molecule has 1 atom stereocenters. The fourth-order valence-electron chi connectivity index (χ4n) is 2.37. The largest absolute Gasteiger partial charge is 0.496 e. The van der Waals surface area contributed by atoms with Crippen LogP contribution < -0.4 is 10.1 Å². The maximum Gasteiger partial charge on any atom is 0.149 e. The molecule has 1 N–H and O–H groups in total. The third-order valence-corrected chi connectivity index (χ3v) is 3.64. The molecule has 1 unspecified atom stereocenters. The minimum atomic E-state index is 0.113. The number of methoxy groups -OCH3 is 2. The number of rotatable bonds is 8. The van der Waals surface area contributed by atoms with E-state index in [1.165, 1.54) is 5.56 Å². The SMILES string of the molecule is COCCn1cnnc1C(C)NCc1ccc(OC)c(C)c1. The van der Waals surface area contributed by atoms with Crippen LogP contribution in [0.2, 0.25) is 0 Å². The Hall–Kier alpha value is -1.92. The minimum absolute atomic E-state index is 0.113. The zero-order chi connectivity index (χ0) is 15.9. The Kier molecular flexibility index (Phi) is 5.91. The van der Waals surface area contributed by atoms with Crippen LogP contribution in [0, 0.1) is 6.92 Å². The first kappa shape index (κ1) is 16.5. The lowest BCUT2D eigenvalue weighted by Crippen LogP contribution is -2.22. The highest BCUT2D eigenvalue weighted by molar-refractivity contribution is 5.36. The molecule has 0 aliphatic rings. The maximum absolute atomic E-state index is 5.28. The van der Waals surface area contributed by atoms with Gasteiger partial charge in [0, 0.05) is 20.2 Å². The molecule has 120 valence electrons. The predicted octanol–water partition coefficient (Wildman–Crippen LogP) is 2.09. The van der Waals surface area contributed by atoms with E-state index in [9.17, 15) is 0 Å². The van der Waals surface area contributed by atoms with Crippen LogP contribution in [0.3, 0.4) is 0 Å². The van der Waals surface area contributed by atoms with E-state index in [4.69, 9.17) is 9.47 Å². The molecule has 6 nitrogen and oxygen atoms in total. The van der Waals surface area contributed by atoms with E-state index >= 15 is 0 Å². The number of hydrogen-bond acceptors (Lipinski definition) is 5. The summed E-state index contributed by atoms with van der Waals surface area (Å²) in [4.78, 5) is 0. The molecule has 22 heavy (non-hydrogen) atoms. The van der Waals surface area contributed by atoms with Crippen LogP contribution in [0.15, 0.2) is 24.5 Å². The average Bonchev–Trinajstić information content (AvgIpc) is 2.99. The summed E-state index contributed by atoms with van der Waals surface area (Å²) in [6, 6.07) is 6.31. The fraction of sp³-hybridized carbons (Fsp3) is 0.500. The molecule has 2 aromatic rings. The first-order valence-corrected chi connectivity index (χ1v) is 7.39. The zero-order valence-electron chi connectivity index (χ0n) is 13.7. The van der Waals surface area contributed by atoms with Crippen molar-refractivity contribution >= 4 is 0 Å². The summed E-state index contributed by atoms with van der Waals surface area (Å²) in [5.41, 5.74) is 2.35. The number of benzene rings is 1. The van der Waals surface area contributed by atoms with Crippen LogP contribution in [0.5, 0.6) is 5.75 Å². The van der Waals surface area contributed by atoms with Crippen molar-refractivity contribution < 1.29 is 9.47 Å². The van der Waals surface area contributed by atoms with Gasteiger partial charge in [0.1, 0.15) is 17.9 Å². The van der Waals surface area contributed by atoms with E-state index in [0.717, 1.165) is 30.2 Å². The molecule has 0 bridgehead atoms. The lowest BCUT2D eigenvalue weighted by Gasteiger charge is -2.15. The topological polar surface area (TPSA) is 61.2 Å². The van der Waals surface area contributed by atoms with Crippen LogP contribution in [0.1, 0.15) is 29.9 Å². The highest BCUT2D eigenvalue weighted by Gasteiger charge is 2.12. The number of nitrogens with one attached hydrogen (secondary N) is 1. The summed E-state index contributed by atoms with van der Waals surface area (Å²) < 4.78 is 12.4.